The number of benzene rings is 1. The van der Waals surface area contributed by atoms with Gasteiger partial charge in [-0.1, -0.05) is 11.8 Å². The first-order chi connectivity index (χ1) is 12.4. The second-order valence-corrected chi connectivity index (χ2v) is 5.73. The molecular formula is C16H15F2N3O4S. The highest BCUT2D eigenvalue weighted by Crippen LogP contribution is 2.20. The number of thioether (sulfide) groups is 1. The summed E-state index contributed by atoms with van der Waals surface area (Å²) in [5, 5.41) is 0.224. The Morgan fingerprint density at radius 2 is 1.96 bits per heavy atom. The first-order valence-electron chi connectivity index (χ1n) is 7.41. The van der Waals surface area contributed by atoms with Gasteiger partial charge in [-0.3, -0.25) is 4.79 Å². The summed E-state index contributed by atoms with van der Waals surface area (Å²) in [7, 11) is 0. The van der Waals surface area contributed by atoms with Gasteiger partial charge in [0.15, 0.2) is 10.9 Å². The van der Waals surface area contributed by atoms with Gasteiger partial charge in [0.25, 0.3) is 0 Å². The maximum absolute atomic E-state index is 12.1. The molecule has 2 aromatic rings. The van der Waals surface area contributed by atoms with Crippen molar-refractivity contribution in [1.29, 1.82) is 0 Å². The van der Waals surface area contributed by atoms with E-state index < -0.39 is 12.6 Å². The molecule has 26 heavy (non-hydrogen) atoms. The number of ketones is 1. The van der Waals surface area contributed by atoms with E-state index in [0.717, 1.165) is 11.8 Å². The quantitative estimate of drug-likeness (QED) is 0.321. The number of hydrogen-bond acceptors (Lipinski definition) is 8. The van der Waals surface area contributed by atoms with E-state index in [9.17, 15) is 18.4 Å². The molecule has 2 N–H and O–H groups in total. The van der Waals surface area contributed by atoms with E-state index in [4.69, 9.17) is 10.5 Å². The zero-order valence-corrected chi connectivity index (χ0v) is 14.5. The summed E-state index contributed by atoms with van der Waals surface area (Å²) in [4.78, 5) is 31.7. The summed E-state index contributed by atoms with van der Waals surface area (Å²) in [5.41, 5.74) is 6.08. The largest absolute Gasteiger partial charge is 0.462 e. The van der Waals surface area contributed by atoms with Gasteiger partial charge < -0.3 is 15.2 Å². The number of carbonyl (C=O) groups excluding carboxylic acids is 2. The number of anilines is 1. The van der Waals surface area contributed by atoms with Crippen molar-refractivity contribution < 1.29 is 27.8 Å². The van der Waals surface area contributed by atoms with Gasteiger partial charge in [-0.2, -0.15) is 8.78 Å². The van der Waals surface area contributed by atoms with Crippen molar-refractivity contribution in [3.8, 4) is 5.75 Å². The molecule has 2 rings (SSSR count). The molecule has 1 heterocycles. The van der Waals surface area contributed by atoms with Crippen LogP contribution in [0.5, 0.6) is 5.75 Å². The molecule has 0 aliphatic carbocycles. The number of rotatable bonds is 8. The monoisotopic (exact) mass is 383 g/mol. The lowest BCUT2D eigenvalue weighted by atomic mass is 10.1. The molecule has 0 bridgehead atoms. The van der Waals surface area contributed by atoms with Gasteiger partial charge in [0, 0.05) is 11.8 Å². The fourth-order valence-corrected chi connectivity index (χ4v) is 2.57. The van der Waals surface area contributed by atoms with Gasteiger partial charge in [-0.05, 0) is 31.2 Å². The van der Waals surface area contributed by atoms with Crippen LogP contribution in [-0.2, 0) is 4.74 Å². The summed E-state index contributed by atoms with van der Waals surface area (Å²) in [6.07, 6.45) is 1.24. The van der Waals surface area contributed by atoms with E-state index in [-0.39, 0.29) is 40.4 Å². The van der Waals surface area contributed by atoms with Crippen LogP contribution in [-0.4, -0.2) is 40.7 Å². The van der Waals surface area contributed by atoms with Gasteiger partial charge in [-0.15, -0.1) is 0 Å². The predicted octanol–water partition coefficient (Wildman–Crippen LogP) is 2.81. The number of carbonyl (C=O) groups is 2. The van der Waals surface area contributed by atoms with Crippen LogP contribution >= 0.6 is 11.8 Å². The van der Waals surface area contributed by atoms with E-state index >= 15 is 0 Å². The highest BCUT2D eigenvalue weighted by molar-refractivity contribution is 7.99. The van der Waals surface area contributed by atoms with Crippen LogP contribution in [0.2, 0.25) is 0 Å². The highest BCUT2D eigenvalue weighted by Gasteiger charge is 2.15. The average Bonchev–Trinajstić information content (AvgIpc) is 2.60. The van der Waals surface area contributed by atoms with Crippen LogP contribution in [0.15, 0.2) is 35.6 Å². The molecule has 0 atom stereocenters. The first-order valence-corrected chi connectivity index (χ1v) is 8.39. The minimum Gasteiger partial charge on any atom is -0.462 e. The number of nitrogens with two attached hydrogens (primary N) is 1. The topological polar surface area (TPSA) is 104 Å². The van der Waals surface area contributed by atoms with Crippen LogP contribution in [0.1, 0.15) is 27.6 Å². The third-order valence-corrected chi connectivity index (χ3v) is 3.89. The van der Waals surface area contributed by atoms with Crippen molar-refractivity contribution in [3.05, 3.63) is 41.6 Å². The average molecular weight is 383 g/mol. The van der Waals surface area contributed by atoms with E-state index in [1.807, 2.05) is 0 Å². The number of aromatic nitrogens is 2. The van der Waals surface area contributed by atoms with Gasteiger partial charge in [0.2, 0.25) is 0 Å². The SMILES string of the molecule is CCOC(=O)c1cnc(SCC(=O)c2ccc(OC(F)F)cc2)nc1N. The number of Topliss-reactive ketones (excluding diaryl/α,β-unsaturated/α-hetero) is 1. The van der Waals surface area contributed by atoms with Crippen molar-refractivity contribution in [3.63, 3.8) is 0 Å². The zero-order chi connectivity index (χ0) is 19.1. The highest BCUT2D eigenvalue weighted by atomic mass is 32.2. The number of alkyl halides is 2. The fourth-order valence-electron chi connectivity index (χ4n) is 1.85. The summed E-state index contributed by atoms with van der Waals surface area (Å²) in [6, 6.07) is 5.35. The molecule has 10 heteroatoms. The molecule has 0 fully saturated rings. The number of hydrogen-bond donors (Lipinski definition) is 1. The van der Waals surface area contributed by atoms with E-state index in [1.54, 1.807) is 6.92 Å². The Morgan fingerprint density at radius 1 is 1.27 bits per heavy atom. The molecule has 0 aliphatic rings. The molecule has 0 radical (unpaired) electrons. The van der Waals surface area contributed by atoms with Gasteiger partial charge in [0.05, 0.1) is 12.4 Å². The maximum atomic E-state index is 12.1. The van der Waals surface area contributed by atoms with Crippen LogP contribution in [0, 0.1) is 0 Å². The third kappa shape index (κ3) is 5.38. The molecule has 0 amide bonds. The number of nitrogens with zero attached hydrogens (tertiary/aromatic N) is 2. The third-order valence-electron chi connectivity index (χ3n) is 3.03. The minimum absolute atomic E-state index is 0.00719. The Hall–Kier alpha value is -2.75. The minimum atomic E-state index is -2.92. The molecule has 0 saturated carbocycles. The number of ether oxygens (including phenoxy) is 2. The van der Waals surface area contributed by atoms with Crippen LogP contribution in [0.25, 0.3) is 0 Å². The Bertz CT molecular complexity index is 788. The van der Waals surface area contributed by atoms with Crippen LogP contribution in [0.3, 0.4) is 0 Å². The van der Waals surface area contributed by atoms with E-state index in [1.165, 1.54) is 30.5 Å². The van der Waals surface area contributed by atoms with Crippen molar-refractivity contribution in [2.45, 2.75) is 18.7 Å². The van der Waals surface area contributed by atoms with Crippen molar-refractivity contribution >= 4 is 29.3 Å². The Balaban J connectivity index is 1.96. The number of nitrogen functional groups attached to an aromatic ring is 1. The number of halogens is 2. The summed E-state index contributed by atoms with van der Waals surface area (Å²) in [5.74, 6) is -0.941. The molecular weight excluding hydrogens is 368 g/mol. The molecule has 1 aromatic heterocycles. The second-order valence-electron chi connectivity index (χ2n) is 4.79. The fraction of sp³-hybridized carbons (Fsp3) is 0.250. The summed E-state index contributed by atoms with van der Waals surface area (Å²) in [6.45, 7) is -1.06. The van der Waals surface area contributed by atoms with Gasteiger partial charge in [0.1, 0.15) is 17.1 Å². The van der Waals surface area contributed by atoms with E-state index in [0.29, 0.717) is 5.56 Å². The smallest absolute Gasteiger partial charge is 0.387 e. The van der Waals surface area contributed by atoms with Crippen molar-refractivity contribution in [2.75, 3.05) is 18.1 Å². The van der Waals surface area contributed by atoms with Crippen molar-refractivity contribution in [1.82, 2.24) is 9.97 Å². The lowest BCUT2D eigenvalue weighted by molar-refractivity contribution is -0.0498. The molecule has 0 spiro atoms. The summed E-state index contributed by atoms with van der Waals surface area (Å²) < 4.78 is 33.2. The lowest BCUT2D eigenvalue weighted by Gasteiger charge is -2.06. The Kier molecular flexibility index (Phi) is 6.84. The normalized spacial score (nSPS) is 10.6. The maximum Gasteiger partial charge on any atom is 0.387 e. The second kappa shape index (κ2) is 9.09. The summed E-state index contributed by atoms with van der Waals surface area (Å²) >= 11 is 1.03. The zero-order valence-electron chi connectivity index (χ0n) is 13.6. The standard InChI is InChI=1S/C16H15F2N3O4S/c1-2-24-14(23)11-7-20-16(21-13(11)19)26-8-12(22)9-3-5-10(6-4-9)25-15(17)18/h3-7,15H,2,8H2,1H3,(H2,19,20,21). The van der Waals surface area contributed by atoms with Crippen LogP contribution in [0.4, 0.5) is 14.6 Å². The van der Waals surface area contributed by atoms with Crippen molar-refractivity contribution in [2.24, 2.45) is 0 Å². The Labute approximate surface area is 151 Å². The van der Waals surface area contributed by atoms with Crippen LogP contribution < -0.4 is 10.5 Å². The first kappa shape index (κ1) is 19.6. The predicted molar refractivity (Wildman–Crippen MR) is 90.5 cm³/mol. The Morgan fingerprint density at radius 3 is 2.54 bits per heavy atom. The van der Waals surface area contributed by atoms with Gasteiger partial charge >= 0.3 is 12.6 Å². The van der Waals surface area contributed by atoms with Gasteiger partial charge in [-0.25, -0.2) is 14.8 Å². The van der Waals surface area contributed by atoms with E-state index in [2.05, 4.69) is 14.7 Å². The number of esters is 1. The molecule has 1 aromatic carbocycles. The lowest BCUT2D eigenvalue weighted by Crippen LogP contribution is -2.11. The molecule has 138 valence electrons. The molecule has 7 nitrogen and oxygen atoms in total. The molecule has 0 saturated heterocycles. The molecule has 0 unspecified atom stereocenters. The molecule has 0 aliphatic heterocycles.